The zero-order valence-corrected chi connectivity index (χ0v) is 25.7. The van der Waals surface area contributed by atoms with E-state index in [4.69, 9.17) is 28.8 Å². The maximum absolute atomic E-state index is 7.03. The molecule has 2 aliphatic heterocycles. The fourth-order valence-corrected chi connectivity index (χ4v) is 7.40. The van der Waals surface area contributed by atoms with Gasteiger partial charge in [-0.15, -0.1) is 0 Å². The Kier molecular flexibility index (Phi) is 7.75. The van der Waals surface area contributed by atoms with E-state index >= 15 is 0 Å². The normalized spacial score (nSPS) is 22.7. The number of piperidine rings is 1. The average molecular weight is 585 g/mol. The maximum Gasteiger partial charge on any atom is 0.174 e. The highest BCUT2D eigenvalue weighted by molar-refractivity contribution is 7.80. The van der Waals surface area contributed by atoms with Crippen LogP contribution in [0.1, 0.15) is 60.6 Å². The minimum atomic E-state index is -0.113. The SMILES string of the molecule is Cc1cc([C@@H]2[C@H](c3ccccn3)NC(=S)N2c2ccc(N3C[C@@H](C)C[C@H](C)C3)c(Cl)c2)c(C)n1Cc1cccnc1. The van der Waals surface area contributed by atoms with Crippen molar-refractivity contribution in [3.8, 4) is 0 Å². The minimum Gasteiger partial charge on any atom is -0.370 e. The Morgan fingerprint density at radius 1 is 1.00 bits per heavy atom. The Morgan fingerprint density at radius 3 is 2.49 bits per heavy atom. The molecule has 1 aromatic carbocycles. The highest BCUT2D eigenvalue weighted by atomic mass is 35.5. The molecule has 0 aliphatic carbocycles. The van der Waals surface area contributed by atoms with Crippen LogP contribution in [0.25, 0.3) is 0 Å². The van der Waals surface area contributed by atoms with Gasteiger partial charge in [0, 0.05) is 55.3 Å². The van der Waals surface area contributed by atoms with Crippen LogP contribution in [0.2, 0.25) is 5.02 Å². The molecule has 2 aliphatic rings. The summed E-state index contributed by atoms with van der Waals surface area (Å²) in [6, 6.07) is 18.7. The molecular formula is C33H37ClN6S. The van der Waals surface area contributed by atoms with Crippen LogP contribution in [0.3, 0.4) is 0 Å². The molecule has 0 unspecified atom stereocenters. The largest absolute Gasteiger partial charge is 0.370 e. The number of pyridine rings is 2. The zero-order chi connectivity index (χ0) is 28.7. The zero-order valence-electron chi connectivity index (χ0n) is 24.1. The monoisotopic (exact) mass is 584 g/mol. The molecule has 212 valence electrons. The molecule has 4 aromatic rings. The summed E-state index contributed by atoms with van der Waals surface area (Å²) in [6.07, 6.45) is 6.85. The van der Waals surface area contributed by atoms with Gasteiger partial charge in [0.2, 0.25) is 0 Å². The number of benzene rings is 1. The quantitative estimate of drug-likeness (QED) is 0.241. The van der Waals surface area contributed by atoms with Crippen LogP contribution in [0.5, 0.6) is 0 Å². The van der Waals surface area contributed by atoms with Crippen LogP contribution in [0, 0.1) is 25.7 Å². The fraction of sp³-hybridized carbons (Fsp3) is 0.364. The molecule has 1 N–H and O–H groups in total. The summed E-state index contributed by atoms with van der Waals surface area (Å²) in [5, 5.41) is 5.04. The van der Waals surface area contributed by atoms with Crippen molar-refractivity contribution < 1.29 is 0 Å². The number of thiocarbonyl (C=S) groups is 1. The van der Waals surface area contributed by atoms with Crippen molar-refractivity contribution in [2.75, 3.05) is 22.9 Å². The molecule has 0 radical (unpaired) electrons. The van der Waals surface area contributed by atoms with Gasteiger partial charge in [0.05, 0.1) is 28.5 Å². The molecule has 0 amide bonds. The van der Waals surface area contributed by atoms with E-state index in [1.807, 2.05) is 36.8 Å². The third kappa shape index (κ3) is 5.45. The topological polar surface area (TPSA) is 49.2 Å². The predicted octanol–water partition coefficient (Wildman–Crippen LogP) is 7.26. The van der Waals surface area contributed by atoms with Gasteiger partial charge < -0.3 is 19.7 Å². The van der Waals surface area contributed by atoms with Crippen LogP contribution in [-0.2, 0) is 6.54 Å². The van der Waals surface area contributed by atoms with Gasteiger partial charge in [-0.25, -0.2) is 0 Å². The highest BCUT2D eigenvalue weighted by Gasteiger charge is 2.42. The second-order valence-corrected chi connectivity index (χ2v) is 12.6. The van der Waals surface area contributed by atoms with E-state index < -0.39 is 0 Å². The van der Waals surface area contributed by atoms with E-state index in [-0.39, 0.29) is 12.1 Å². The molecule has 0 saturated carbocycles. The third-order valence-corrected chi connectivity index (χ3v) is 9.13. The Balaban J connectivity index is 1.40. The lowest BCUT2D eigenvalue weighted by Gasteiger charge is -2.37. The van der Waals surface area contributed by atoms with Crippen LogP contribution < -0.4 is 15.1 Å². The Labute approximate surface area is 253 Å². The first-order valence-electron chi connectivity index (χ1n) is 14.4. The summed E-state index contributed by atoms with van der Waals surface area (Å²) in [5.41, 5.74) is 7.82. The molecule has 41 heavy (non-hydrogen) atoms. The smallest absolute Gasteiger partial charge is 0.174 e. The van der Waals surface area contributed by atoms with E-state index in [1.54, 1.807) is 0 Å². The van der Waals surface area contributed by atoms with E-state index in [0.29, 0.717) is 16.9 Å². The van der Waals surface area contributed by atoms with Crippen molar-refractivity contribution in [3.05, 3.63) is 106 Å². The number of halogens is 1. The van der Waals surface area contributed by atoms with Gasteiger partial charge >= 0.3 is 0 Å². The number of hydrogen-bond acceptors (Lipinski definition) is 4. The second-order valence-electron chi connectivity index (χ2n) is 11.8. The van der Waals surface area contributed by atoms with Gasteiger partial charge in [-0.2, -0.15) is 0 Å². The van der Waals surface area contributed by atoms with E-state index in [9.17, 15) is 0 Å². The summed E-state index contributed by atoms with van der Waals surface area (Å²) in [4.78, 5) is 13.7. The Bertz CT molecular complexity index is 1530. The average Bonchev–Trinajstić information content (AvgIpc) is 3.44. The van der Waals surface area contributed by atoms with Crippen molar-refractivity contribution in [1.29, 1.82) is 0 Å². The van der Waals surface area contributed by atoms with Crippen molar-refractivity contribution in [2.45, 2.75) is 52.7 Å². The number of nitrogens with zero attached hydrogens (tertiary/aromatic N) is 5. The van der Waals surface area contributed by atoms with Crippen molar-refractivity contribution in [1.82, 2.24) is 19.9 Å². The van der Waals surface area contributed by atoms with Gasteiger partial charge in [-0.3, -0.25) is 9.97 Å². The summed E-state index contributed by atoms with van der Waals surface area (Å²) in [7, 11) is 0. The highest BCUT2D eigenvalue weighted by Crippen LogP contribution is 2.45. The Hall–Kier alpha value is -3.42. The molecule has 0 spiro atoms. The molecule has 2 saturated heterocycles. The van der Waals surface area contributed by atoms with Gasteiger partial charge in [-0.05, 0) is 97.9 Å². The van der Waals surface area contributed by atoms with Gasteiger partial charge in [0.15, 0.2) is 5.11 Å². The molecule has 6 nitrogen and oxygen atoms in total. The number of aryl methyl sites for hydroxylation is 1. The molecule has 3 aromatic heterocycles. The van der Waals surface area contributed by atoms with Gasteiger partial charge in [0.25, 0.3) is 0 Å². The number of hydrogen-bond donors (Lipinski definition) is 1. The van der Waals surface area contributed by atoms with E-state index in [2.05, 4.69) is 88.8 Å². The lowest BCUT2D eigenvalue weighted by Crippen LogP contribution is -2.38. The molecule has 5 heterocycles. The first kappa shape index (κ1) is 27.7. The second kappa shape index (κ2) is 11.5. The van der Waals surface area contributed by atoms with Gasteiger partial charge in [-0.1, -0.05) is 37.6 Å². The predicted molar refractivity (Wildman–Crippen MR) is 172 cm³/mol. The molecule has 6 rings (SSSR count). The van der Waals surface area contributed by atoms with Crippen LogP contribution in [0.15, 0.2) is 73.2 Å². The summed E-state index contributed by atoms with van der Waals surface area (Å²) >= 11 is 13.0. The minimum absolute atomic E-state index is 0.0943. The summed E-state index contributed by atoms with van der Waals surface area (Å²) < 4.78 is 2.36. The maximum atomic E-state index is 7.03. The van der Waals surface area contributed by atoms with Crippen LogP contribution >= 0.6 is 23.8 Å². The number of anilines is 2. The Morgan fingerprint density at radius 2 is 1.80 bits per heavy atom. The molecular weight excluding hydrogens is 548 g/mol. The lowest BCUT2D eigenvalue weighted by atomic mass is 9.91. The van der Waals surface area contributed by atoms with E-state index in [1.165, 1.54) is 28.9 Å². The van der Waals surface area contributed by atoms with Crippen LogP contribution in [-0.4, -0.2) is 32.7 Å². The number of aromatic nitrogens is 3. The number of nitrogens with one attached hydrogen (secondary N) is 1. The first-order chi connectivity index (χ1) is 19.8. The standard InChI is InChI=1S/C33H37ClN6S/c1-21-14-22(2)19-38(18-21)30-11-10-26(16-28(30)34)40-32(31(37-33(40)41)29-9-5-6-13-36-29)27-15-23(3)39(24(27)4)20-25-8-7-12-35-17-25/h5-13,15-17,21-22,31-32H,14,18-20H2,1-4H3,(H,37,41)/t21-,22-,31-,32+/m0/s1. The van der Waals surface area contributed by atoms with E-state index in [0.717, 1.165) is 41.7 Å². The fourth-order valence-electron chi connectivity index (χ4n) is 6.76. The molecule has 0 bridgehead atoms. The van der Waals surface area contributed by atoms with Gasteiger partial charge in [0.1, 0.15) is 0 Å². The third-order valence-electron chi connectivity index (χ3n) is 8.51. The summed E-state index contributed by atoms with van der Waals surface area (Å²) in [6.45, 7) is 11.8. The van der Waals surface area contributed by atoms with Crippen molar-refractivity contribution >= 4 is 40.3 Å². The van der Waals surface area contributed by atoms with Crippen molar-refractivity contribution in [2.24, 2.45) is 11.8 Å². The van der Waals surface area contributed by atoms with Crippen LogP contribution in [0.4, 0.5) is 11.4 Å². The molecule has 4 atom stereocenters. The van der Waals surface area contributed by atoms with Crippen molar-refractivity contribution in [3.63, 3.8) is 0 Å². The lowest BCUT2D eigenvalue weighted by molar-refractivity contribution is 0.357. The number of rotatable bonds is 6. The molecule has 2 fully saturated rings. The summed E-state index contributed by atoms with van der Waals surface area (Å²) in [5.74, 6) is 1.30. The molecule has 8 heteroatoms. The first-order valence-corrected chi connectivity index (χ1v) is 15.2.